The van der Waals surface area contributed by atoms with Gasteiger partial charge in [0.15, 0.2) is 0 Å². The molecule has 2 fully saturated rings. The number of morpholine rings is 1. The van der Waals surface area contributed by atoms with Crippen LogP contribution in [0.1, 0.15) is 24.8 Å². The number of aromatic nitrogens is 4. The van der Waals surface area contributed by atoms with Crippen molar-refractivity contribution in [2.75, 3.05) is 25.4 Å². The van der Waals surface area contributed by atoms with Gasteiger partial charge in [0.1, 0.15) is 17.5 Å². The molecule has 2 aromatic rings. The molecule has 8 nitrogen and oxygen atoms in total. The van der Waals surface area contributed by atoms with Crippen LogP contribution in [0.4, 0.5) is 5.82 Å². The van der Waals surface area contributed by atoms with Gasteiger partial charge in [-0.25, -0.2) is 0 Å². The molecular formula is C13H18N6O2. The predicted octanol–water partition coefficient (Wildman–Crippen LogP) is 0.588. The molecule has 0 spiro atoms. The van der Waals surface area contributed by atoms with Gasteiger partial charge in [-0.15, -0.1) is 0 Å². The number of ether oxygens (including phenoxy) is 1. The fourth-order valence-electron chi connectivity index (χ4n) is 3.06. The highest BCUT2D eigenvalue weighted by molar-refractivity contribution is 5.66. The molecule has 2 aromatic heterocycles. The molecular weight excluding hydrogens is 272 g/mol. The SMILES string of the molecule is Cn1ncc(-c2nc(C3CN4CCCC4CO3)no2)c1N. The summed E-state index contributed by atoms with van der Waals surface area (Å²) >= 11 is 0. The van der Waals surface area contributed by atoms with Gasteiger partial charge in [0, 0.05) is 19.6 Å². The van der Waals surface area contributed by atoms with Gasteiger partial charge >= 0.3 is 0 Å². The lowest BCUT2D eigenvalue weighted by atomic mass is 10.2. The molecule has 21 heavy (non-hydrogen) atoms. The van der Waals surface area contributed by atoms with E-state index >= 15 is 0 Å². The zero-order valence-corrected chi connectivity index (χ0v) is 11.9. The van der Waals surface area contributed by atoms with Crippen molar-refractivity contribution < 1.29 is 9.26 Å². The first-order chi connectivity index (χ1) is 10.2. The number of hydrogen-bond donors (Lipinski definition) is 1. The first-order valence-electron chi connectivity index (χ1n) is 7.19. The zero-order chi connectivity index (χ0) is 14.4. The van der Waals surface area contributed by atoms with Crippen molar-refractivity contribution in [2.24, 2.45) is 7.05 Å². The Morgan fingerprint density at radius 3 is 3.14 bits per heavy atom. The fourth-order valence-corrected chi connectivity index (χ4v) is 3.06. The number of nitrogen functional groups attached to an aromatic ring is 1. The van der Waals surface area contributed by atoms with Gasteiger partial charge in [-0.2, -0.15) is 10.1 Å². The Morgan fingerprint density at radius 1 is 1.43 bits per heavy atom. The molecule has 112 valence electrons. The van der Waals surface area contributed by atoms with Crippen LogP contribution in [0.3, 0.4) is 0 Å². The molecule has 2 N–H and O–H groups in total. The molecule has 2 aliphatic rings. The Labute approximate surface area is 121 Å². The Kier molecular flexibility index (Phi) is 2.93. The summed E-state index contributed by atoms with van der Waals surface area (Å²) in [6, 6.07) is 0.557. The molecule has 0 radical (unpaired) electrons. The van der Waals surface area contributed by atoms with Crippen molar-refractivity contribution in [1.82, 2.24) is 24.8 Å². The maximum Gasteiger partial charge on any atom is 0.263 e. The van der Waals surface area contributed by atoms with Crippen molar-refractivity contribution >= 4 is 5.82 Å². The van der Waals surface area contributed by atoms with Crippen LogP contribution < -0.4 is 5.73 Å². The van der Waals surface area contributed by atoms with Crippen LogP contribution in [0.5, 0.6) is 0 Å². The van der Waals surface area contributed by atoms with Crippen LogP contribution in [-0.2, 0) is 11.8 Å². The Bertz CT molecular complexity index is 651. The zero-order valence-electron chi connectivity index (χ0n) is 11.9. The lowest BCUT2D eigenvalue weighted by Gasteiger charge is -2.33. The van der Waals surface area contributed by atoms with Gasteiger partial charge in [-0.1, -0.05) is 5.16 Å². The lowest BCUT2D eigenvalue weighted by Crippen LogP contribution is -2.42. The molecule has 4 heterocycles. The molecule has 0 aromatic carbocycles. The average Bonchev–Trinajstić information content (AvgIpc) is 3.19. The van der Waals surface area contributed by atoms with E-state index in [1.165, 1.54) is 12.8 Å². The second kappa shape index (κ2) is 4.81. The Hall–Kier alpha value is -1.93. The molecule has 2 atom stereocenters. The minimum Gasteiger partial charge on any atom is -0.383 e. The van der Waals surface area contributed by atoms with E-state index in [1.54, 1.807) is 17.9 Å². The third kappa shape index (κ3) is 2.11. The van der Waals surface area contributed by atoms with E-state index in [2.05, 4.69) is 20.1 Å². The third-order valence-electron chi connectivity index (χ3n) is 4.33. The Morgan fingerprint density at radius 2 is 2.33 bits per heavy atom. The number of rotatable bonds is 2. The summed E-state index contributed by atoms with van der Waals surface area (Å²) in [7, 11) is 1.77. The second-order valence-corrected chi connectivity index (χ2v) is 5.64. The van der Waals surface area contributed by atoms with Crippen molar-refractivity contribution in [3.05, 3.63) is 12.0 Å². The van der Waals surface area contributed by atoms with Crippen LogP contribution in [0.15, 0.2) is 10.7 Å². The van der Waals surface area contributed by atoms with Gasteiger partial charge in [0.25, 0.3) is 5.89 Å². The molecule has 0 aliphatic carbocycles. The molecule has 0 bridgehead atoms. The van der Waals surface area contributed by atoms with Crippen LogP contribution in [-0.4, -0.2) is 50.6 Å². The lowest BCUT2D eigenvalue weighted by molar-refractivity contribution is -0.0548. The standard InChI is InChI=1S/C13H18N6O2/c1-18-11(14)9(5-15-18)13-16-12(17-21-13)10-6-19-4-2-3-8(19)7-20-10/h5,8,10H,2-4,6-7,14H2,1H3. The number of hydrogen-bond acceptors (Lipinski definition) is 7. The average molecular weight is 290 g/mol. The maximum absolute atomic E-state index is 5.93. The molecule has 4 rings (SSSR count). The summed E-state index contributed by atoms with van der Waals surface area (Å²) in [5.41, 5.74) is 6.58. The molecule has 0 amide bonds. The fraction of sp³-hybridized carbons (Fsp3) is 0.615. The van der Waals surface area contributed by atoms with E-state index in [0.29, 0.717) is 29.1 Å². The number of nitrogens with zero attached hydrogens (tertiary/aromatic N) is 5. The molecule has 0 saturated carbocycles. The smallest absolute Gasteiger partial charge is 0.263 e. The van der Waals surface area contributed by atoms with E-state index < -0.39 is 0 Å². The number of nitrogens with two attached hydrogens (primary N) is 1. The van der Waals surface area contributed by atoms with Crippen LogP contribution in [0, 0.1) is 0 Å². The number of anilines is 1. The summed E-state index contributed by atoms with van der Waals surface area (Å²) in [5.74, 6) is 1.48. The van der Waals surface area contributed by atoms with Crippen molar-refractivity contribution in [1.29, 1.82) is 0 Å². The monoisotopic (exact) mass is 290 g/mol. The highest BCUT2D eigenvalue weighted by Crippen LogP contribution is 2.30. The minimum absolute atomic E-state index is 0.130. The summed E-state index contributed by atoms with van der Waals surface area (Å²) < 4.78 is 12.8. The van der Waals surface area contributed by atoms with Crippen molar-refractivity contribution in [3.8, 4) is 11.5 Å². The van der Waals surface area contributed by atoms with E-state index in [4.69, 9.17) is 15.0 Å². The summed E-state index contributed by atoms with van der Waals surface area (Å²) in [5, 5.41) is 8.13. The van der Waals surface area contributed by atoms with Crippen LogP contribution in [0.2, 0.25) is 0 Å². The topological polar surface area (TPSA) is 95.2 Å². The first-order valence-corrected chi connectivity index (χ1v) is 7.19. The van der Waals surface area contributed by atoms with E-state index in [-0.39, 0.29) is 6.10 Å². The van der Waals surface area contributed by atoms with Crippen LogP contribution >= 0.6 is 0 Å². The normalized spacial score (nSPS) is 26.1. The van der Waals surface area contributed by atoms with Gasteiger partial charge < -0.3 is 15.0 Å². The summed E-state index contributed by atoms with van der Waals surface area (Å²) in [4.78, 5) is 6.88. The third-order valence-corrected chi connectivity index (χ3v) is 4.33. The van der Waals surface area contributed by atoms with Gasteiger partial charge in [0.2, 0.25) is 5.82 Å². The predicted molar refractivity (Wildman–Crippen MR) is 74.2 cm³/mol. The minimum atomic E-state index is -0.130. The highest BCUT2D eigenvalue weighted by atomic mass is 16.5. The Balaban J connectivity index is 1.56. The van der Waals surface area contributed by atoms with Crippen molar-refractivity contribution in [2.45, 2.75) is 25.0 Å². The number of aryl methyl sites for hydroxylation is 1. The maximum atomic E-state index is 5.93. The summed E-state index contributed by atoms with van der Waals surface area (Å²) in [6.45, 7) is 2.69. The number of fused-ring (bicyclic) bond motifs is 1. The molecule has 2 aliphatic heterocycles. The van der Waals surface area contributed by atoms with E-state index in [1.807, 2.05) is 0 Å². The quantitative estimate of drug-likeness (QED) is 0.864. The van der Waals surface area contributed by atoms with Gasteiger partial charge in [-0.05, 0) is 19.4 Å². The van der Waals surface area contributed by atoms with Crippen molar-refractivity contribution in [3.63, 3.8) is 0 Å². The first kappa shape index (κ1) is 12.8. The second-order valence-electron chi connectivity index (χ2n) is 5.64. The molecule has 2 unspecified atom stereocenters. The van der Waals surface area contributed by atoms with Crippen LogP contribution in [0.25, 0.3) is 11.5 Å². The highest BCUT2D eigenvalue weighted by Gasteiger charge is 2.35. The molecule has 2 saturated heterocycles. The largest absolute Gasteiger partial charge is 0.383 e. The summed E-state index contributed by atoms with van der Waals surface area (Å²) in [6.07, 6.45) is 3.96. The van der Waals surface area contributed by atoms with Gasteiger partial charge in [0.05, 0.1) is 12.8 Å². The van der Waals surface area contributed by atoms with E-state index in [9.17, 15) is 0 Å². The van der Waals surface area contributed by atoms with E-state index in [0.717, 1.165) is 19.7 Å². The molecule has 8 heteroatoms. The van der Waals surface area contributed by atoms with Gasteiger partial charge in [-0.3, -0.25) is 9.58 Å².